The number of aryl methyl sites for hydroxylation is 1. The summed E-state index contributed by atoms with van der Waals surface area (Å²) in [5.41, 5.74) is 3.54. The average molecular weight is 264 g/mol. The quantitative estimate of drug-likeness (QED) is 0.875. The highest BCUT2D eigenvalue weighted by molar-refractivity contribution is 5.91. The maximum Gasteiger partial charge on any atom is 0.0722 e. The fourth-order valence-electron chi connectivity index (χ4n) is 2.38. The summed E-state index contributed by atoms with van der Waals surface area (Å²) in [4.78, 5) is 4.40. The molecular formula is C14H18ClN3. The van der Waals surface area contributed by atoms with E-state index in [9.17, 15) is 0 Å². The third-order valence-electron chi connectivity index (χ3n) is 3.32. The molecule has 2 heterocycles. The molecular weight excluding hydrogens is 246 g/mol. The van der Waals surface area contributed by atoms with Crippen molar-refractivity contribution < 1.29 is 0 Å². The first-order valence-corrected chi connectivity index (χ1v) is 6.15. The van der Waals surface area contributed by atoms with Crippen LogP contribution >= 0.6 is 12.4 Å². The molecule has 0 unspecified atom stereocenters. The first-order chi connectivity index (χ1) is 8.33. The van der Waals surface area contributed by atoms with Crippen LogP contribution < -0.4 is 10.6 Å². The fourth-order valence-corrected chi connectivity index (χ4v) is 2.38. The van der Waals surface area contributed by atoms with Crippen molar-refractivity contribution in [3.8, 4) is 0 Å². The summed E-state index contributed by atoms with van der Waals surface area (Å²) in [5.74, 6) is 0. The molecule has 1 saturated heterocycles. The van der Waals surface area contributed by atoms with Gasteiger partial charge < -0.3 is 10.6 Å². The smallest absolute Gasteiger partial charge is 0.0722 e. The summed E-state index contributed by atoms with van der Waals surface area (Å²) in [5, 5.41) is 8.20. The first kappa shape index (κ1) is 13.1. The van der Waals surface area contributed by atoms with Gasteiger partial charge in [0.05, 0.1) is 5.52 Å². The van der Waals surface area contributed by atoms with Crippen LogP contribution in [0.2, 0.25) is 0 Å². The second kappa shape index (κ2) is 5.55. The number of halogens is 1. The molecule has 0 amide bonds. The predicted molar refractivity (Wildman–Crippen MR) is 78.6 cm³/mol. The number of hydrogen-bond acceptors (Lipinski definition) is 3. The minimum Gasteiger partial charge on any atom is -0.380 e. The third kappa shape index (κ3) is 2.57. The van der Waals surface area contributed by atoms with Crippen LogP contribution in [0, 0.1) is 6.92 Å². The molecule has 1 aliphatic heterocycles. The lowest BCUT2D eigenvalue weighted by Crippen LogP contribution is -2.22. The number of rotatable bonds is 2. The lowest BCUT2D eigenvalue weighted by Gasteiger charge is -2.15. The Bertz CT molecular complexity index is 536. The Morgan fingerprint density at radius 2 is 2.22 bits per heavy atom. The van der Waals surface area contributed by atoms with Gasteiger partial charge in [0.25, 0.3) is 0 Å². The largest absolute Gasteiger partial charge is 0.380 e. The van der Waals surface area contributed by atoms with Gasteiger partial charge in [-0.15, -0.1) is 12.4 Å². The van der Waals surface area contributed by atoms with Crippen LogP contribution in [0.4, 0.5) is 5.69 Å². The van der Waals surface area contributed by atoms with E-state index in [4.69, 9.17) is 0 Å². The van der Waals surface area contributed by atoms with Gasteiger partial charge in [-0.1, -0.05) is 11.6 Å². The normalized spacial score (nSPS) is 18.6. The van der Waals surface area contributed by atoms with Crippen molar-refractivity contribution in [3.63, 3.8) is 0 Å². The van der Waals surface area contributed by atoms with Crippen molar-refractivity contribution in [2.45, 2.75) is 19.4 Å². The topological polar surface area (TPSA) is 37.0 Å². The Balaban J connectivity index is 0.00000120. The van der Waals surface area contributed by atoms with E-state index in [1.165, 1.54) is 23.1 Å². The number of nitrogens with one attached hydrogen (secondary N) is 2. The summed E-state index contributed by atoms with van der Waals surface area (Å²) < 4.78 is 0. The van der Waals surface area contributed by atoms with Crippen LogP contribution in [-0.4, -0.2) is 24.1 Å². The van der Waals surface area contributed by atoms with Gasteiger partial charge in [-0.2, -0.15) is 0 Å². The number of pyridine rings is 1. The van der Waals surface area contributed by atoms with Gasteiger partial charge in [0, 0.05) is 29.9 Å². The Labute approximate surface area is 113 Å². The molecule has 0 radical (unpaired) electrons. The monoisotopic (exact) mass is 263 g/mol. The number of nitrogens with zero attached hydrogens (tertiary/aromatic N) is 1. The molecule has 0 saturated carbocycles. The molecule has 96 valence electrons. The fraction of sp³-hybridized carbons (Fsp3) is 0.357. The van der Waals surface area contributed by atoms with Crippen molar-refractivity contribution in [1.82, 2.24) is 10.3 Å². The van der Waals surface area contributed by atoms with Gasteiger partial charge >= 0.3 is 0 Å². The van der Waals surface area contributed by atoms with Gasteiger partial charge in [0.1, 0.15) is 0 Å². The highest BCUT2D eigenvalue weighted by atomic mass is 35.5. The van der Waals surface area contributed by atoms with Crippen LogP contribution in [0.3, 0.4) is 0 Å². The summed E-state index contributed by atoms with van der Waals surface area (Å²) in [6, 6.07) is 9.01. The van der Waals surface area contributed by atoms with Gasteiger partial charge in [0.15, 0.2) is 0 Å². The van der Waals surface area contributed by atoms with E-state index in [1.54, 1.807) is 0 Å². The number of anilines is 1. The van der Waals surface area contributed by atoms with Crippen molar-refractivity contribution in [1.29, 1.82) is 0 Å². The summed E-state index contributed by atoms with van der Waals surface area (Å²) in [6.45, 7) is 4.28. The highest BCUT2D eigenvalue weighted by Crippen LogP contribution is 2.23. The third-order valence-corrected chi connectivity index (χ3v) is 3.32. The molecule has 2 N–H and O–H groups in total. The molecule has 18 heavy (non-hydrogen) atoms. The summed E-state index contributed by atoms with van der Waals surface area (Å²) >= 11 is 0. The molecule has 2 aromatic rings. The van der Waals surface area contributed by atoms with Crippen LogP contribution in [0.25, 0.3) is 10.9 Å². The minimum atomic E-state index is 0. The maximum atomic E-state index is 4.40. The van der Waals surface area contributed by atoms with E-state index in [1.807, 2.05) is 6.20 Å². The number of fused-ring (bicyclic) bond motifs is 1. The van der Waals surface area contributed by atoms with Crippen molar-refractivity contribution in [3.05, 3.63) is 36.0 Å². The number of hydrogen-bond donors (Lipinski definition) is 2. The van der Waals surface area contributed by atoms with E-state index >= 15 is 0 Å². The Morgan fingerprint density at radius 1 is 1.33 bits per heavy atom. The summed E-state index contributed by atoms with van der Waals surface area (Å²) in [7, 11) is 0. The molecule has 0 aliphatic carbocycles. The molecule has 4 heteroatoms. The van der Waals surface area contributed by atoms with Crippen molar-refractivity contribution >= 4 is 29.0 Å². The molecule has 1 aliphatic rings. The van der Waals surface area contributed by atoms with E-state index < -0.39 is 0 Å². The van der Waals surface area contributed by atoms with E-state index in [2.05, 4.69) is 46.8 Å². The average Bonchev–Trinajstić information content (AvgIpc) is 2.83. The number of aromatic nitrogens is 1. The van der Waals surface area contributed by atoms with Crippen molar-refractivity contribution in [2.24, 2.45) is 0 Å². The maximum absolute atomic E-state index is 4.40. The predicted octanol–water partition coefficient (Wildman–Crippen LogP) is 2.74. The van der Waals surface area contributed by atoms with E-state index in [-0.39, 0.29) is 12.4 Å². The number of benzene rings is 1. The van der Waals surface area contributed by atoms with E-state index in [0.29, 0.717) is 6.04 Å². The zero-order valence-corrected chi connectivity index (χ0v) is 11.3. The Hall–Kier alpha value is -1.32. The van der Waals surface area contributed by atoms with Crippen LogP contribution in [0.15, 0.2) is 30.5 Å². The highest BCUT2D eigenvalue weighted by Gasteiger charge is 2.14. The standard InChI is InChI=1S/C14H17N3.ClH/c1-10-2-3-13-12(8-10)14(5-7-16-13)17-11-4-6-15-9-11;/h2-3,5,7-8,11,15H,4,6,9H2,1H3,(H,16,17);1H/t11-;/m1./s1. The van der Waals surface area contributed by atoms with Crippen molar-refractivity contribution in [2.75, 3.05) is 18.4 Å². The van der Waals surface area contributed by atoms with Gasteiger partial charge in [-0.3, -0.25) is 4.98 Å². The molecule has 1 aromatic carbocycles. The molecule has 1 fully saturated rings. The Morgan fingerprint density at radius 3 is 3.00 bits per heavy atom. The van der Waals surface area contributed by atoms with E-state index in [0.717, 1.165) is 18.6 Å². The second-order valence-electron chi connectivity index (χ2n) is 4.71. The zero-order chi connectivity index (χ0) is 11.7. The summed E-state index contributed by atoms with van der Waals surface area (Å²) in [6.07, 6.45) is 3.07. The molecule has 1 aromatic heterocycles. The van der Waals surface area contributed by atoms with Gasteiger partial charge in [-0.05, 0) is 38.1 Å². The van der Waals surface area contributed by atoms with Crippen LogP contribution in [0.5, 0.6) is 0 Å². The lowest BCUT2D eigenvalue weighted by molar-refractivity contribution is 0.794. The van der Waals surface area contributed by atoms with Gasteiger partial charge in [-0.25, -0.2) is 0 Å². The molecule has 0 spiro atoms. The van der Waals surface area contributed by atoms with Crippen LogP contribution in [-0.2, 0) is 0 Å². The van der Waals surface area contributed by atoms with Crippen LogP contribution in [0.1, 0.15) is 12.0 Å². The zero-order valence-electron chi connectivity index (χ0n) is 10.4. The van der Waals surface area contributed by atoms with Gasteiger partial charge in [0.2, 0.25) is 0 Å². The first-order valence-electron chi connectivity index (χ1n) is 6.15. The second-order valence-corrected chi connectivity index (χ2v) is 4.71. The molecule has 3 nitrogen and oxygen atoms in total. The molecule has 1 atom stereocenters. The Kier molecular flexibility index (Phi) is 4.04. The SMILES string of the molecule is Cc1ccc2nccc(N[C@@H]3CCNC3)c2c1.Cl. The lowest BCUT2D eigenvalue weighted by atomic mass is 10.1. The molecule has 3 rings (SSSR count). The minimum absolute atomic E-state index is 0. The molecule has 0 bridgehead atoms.